The highest BCUT2D eigenvalue weighted by atomic mass is 16.2. The maximum atomic E-state index is 11.7. The van der Waals surface area contributed by atoms with Crippen LogP contribution >= 0.6 is 0 Å². The standard InChI is InChI=1S/C12H24N4O2/c1-16(2)11(18)15-7-6-14-10(17)8-12(9-13)4-3-5-12/h3-9,13H2,1-2H3,(H,14,17)(H,15,18). The first-order chi connectivity index (χ1) is 8.49. The zero-order valence-electron chi connectivity index (χ0n) is 11.3. The van der Waals surface area contributed by atoms with Gasteiger partial charge in [-0.25, -0.2) is 4.79 Å². The Bertz CT molecular complexity index is 295. The highest BCUT2D eigenvalue weighted by Crippen LogP contribution is 2.42. The molecule has 0 atom stereocenters. The van der Waals surface area contributed by atoms with Crippen LogP contribution in [0.15, 0.2) is 0 Å². The fourth-order valence-corrected chi connectivity index (χ4v) is 2.06. The van der Waals surface area contributed by atoms with E-state index in [1.807, 2.05) is 0 Å². The van der Waals surface area contributed by atoms with E-state index in [1.54, 1.807) is 14.1 Å². The van der Waals surface area contributed by atoms with Crippen molar-refractivity contribution >= 4 is 11.9 Å². The minimum absolute atomic E-state index is 0.0271. The summed E-state index contributed by atoms with van der Waals surface area (Å²) >= 11 is 0. The van der Waals surface area contributed by atoms with Crippen LogP contribution in [0.1, 0.15) is 25.7 Å². The number of carbonyl (C=O) groups is 2. The molecule has 0 unspecified atom stereocenters. The molecule has 3 amide bonds. The van der Waals surface area contributed by atoms with E-state index < -0.39 is 0 Å². The molecule has 6 heteroatoms. The van der Waals surface area contributed by atoms with Gasteiger partial charge in [0.15, 0.2) is 0 Å². The lowest BCUT2D eigenvalue weighted by molar-refractivity contribution is -0.124. The minimum Gasteiger partial charge on any atom is -0.354 e. The number of amides is 3. The Morgan fingerprint density at radius 3 is 2.28 bits per heavy atom. The smallest absolute Gasteiger partial charge is 0.316 e. The molecule has 4 N–H and O–H groups in total. The summed E-state index contributed by atoms with van der Waals surface area (Å²) in [5.74, 6) is 0.0271. The number of hydrogen-bond donors (Lipinski definition) is 3. The lowest BCUT2D eigenvalue weighted by Gasteiger charge is -2.40. The number of hydrogen-bond acceptors (Lipinski definition) is 3. The molecule has 0 aromatic rings. The molecule has 0 aliphatic heterocycles. The first-order valence-electron chi connectivity index (χ1n) is 6.41. The largest absolute Gasteiger partial charge is 0.354 e. The highest BCUT2D eigenvalue weighted by molar-refractivity contribution is 5.77. The van der Waals surface area contributed by atoms with E-state index in [2.05, 4.69) is 10.6 Å². The van der Waals surface area contributed by atoms with E-state index in [4.69, 9.17) is 5.73 Å². The van der Waals surface area contributed by atoms with Gasteiger partial charge in [0.2, 0.25) is 5.91 Å². The SMILES string of the molecule is CN(C)C(=O)NCCNC(=O)CC1(CN)CCC1. The molecule has 0 heterocycles. The summed E-state index contributed by atoms with van der Waals surface area (Å²) in [5.41, 5.74) is 5.74. The third-order valence-electron chi connectivity index (χ3n) is 3.51. The molecule has 6 nitrogen and oxygen atoms in total. The van der Waals surface area contributed by atoms with Crippen LogP contribution in [0.4, 0.5) is 4.79 Å². The lowest BCUT2D eigenvalue weighted by atomic mass is 9.66. The van der Waals surface area contributed by atoms with Crippen molar-refractivity contribution in [3.63, 3.8) is 0 Å². The summed E-state index contributed by atoms with van der Waals surface area (Å²) in [6.07, 6.45) is 3.77. The number of nitrogens with zero attached hydrogens (tertiary/aromatic N) is 1. The van der Waals surface area contributed by atoms with Crippen molar-refractivity contribution in [1.82, 2.24) is 15.5 Å². The molecule has 1 aliphatic rings. The summed E-state index contributed by atoms with van der Waals surface area (Å²) in [6.45, 7) is 1.48. The van der Waals surface area contributed by atoms with Crippen LogP contribution in [-0.4, -0.2) is 50.6 Å². The number of nitrogens with two attached hydrogens (primary N) is 1. The van der Waals surface area contributed by atoms with E-state index in [-0.39, 0.29) is 17.4 Å². The fraction of sp³-hybridized carbons (Fsp3) is 0.833. The van der Waals surface area contributed by atoms with Gasteiger partial charge in [-0.2, -0.15) is 0 Å². The van der Waals surface area contributed by atoms with Crippen molar-refractivity contribution in [3.8, 4) is 0 Å². The Balaban J connectivity index is 2.12. The molecular weight excluding hydrogens is 232 g/mol. The Labute approximate surface area is 108 Å². The number of rotatable bonds is 6. The summed E-state index contributed by atoms with van der Waals surface area (Å²) in [6, 6.07) is -0.151. The van der Waals surface area contributed by atoms with Crippen molar-refractivity contribution in [3.05, 3.63) is 0 Å². The molecule has 0 bridgehead atoms. The van der Waals surface area contributed by atoms with Crippen molar-refractivity contribution in [2.75, 3.05) is 33.7 Å². The normalized spacial score (nSPS) is 16.6. The van der Waals surface area contributed by atoms with Gasteiger partial charge in [0.1, 0.15) is 0 Å². The molecule has 1 aliphatic carbocycles. The highest BCUT2D eigenvalue weighted by Gasteiger charge is 2.37. The van der Waals surface area contributed by atoms with Gasteiger partial charge in [-0.3, -0.25) is 4.79 Å². The van der Waals surface area contributed by atoms with Gasteiger partial charge in [-0.05, 0) is 24.8 Å². The minimum atomic E-state index is -0.151. The maximum absolute atomic E-state index is 11.7. The molecule has 0 aromatic heterocycles. The Kier molecular flexibility index (Phi) is 5.40. The van der Waals surface area contributed by atoms with Crippen LogP contribution in [0, 0.1) is 5.41 Å². The van der Waals surface area contributed by atoms with Crippen LogP contribution in [0.3, 0.4) is 0 Å². The van der Waals surface area contributed by atoms with E-state index >= 15 is 0 Å². The van der Waals surface area contributed by atoms with Gasteiger partial charge in [-0.15, -0.1) is 0 Å². The average molecular weight is 256 g/mol. The molecular formula is C12H24N4O2. The quantitative estimate of drug-likeness (QED) is 0.580. The molecule has 0 saturated heterocycles. The van der Waals surface area contributed by atoms with Crippen molar-refractivity contribution < 1.29 is 9.59 Å². The van der Waals surface area contributed by atoms with Crippen LogP contribution < -0.4 is 16.4 Å². The molecule has 18 heavy (non-hydrogen) atoms. The van der Waals surface area contributed by atoms with Crippen molar-refractivity contribution in [1.29, 1.82) is 0 Å². The van der Waals surface area contributed by atoms with Gasteiger partial charge in [0.05, 0.1) is 0 Å². The zero-order valence-corrected chi connectivity index (χ0v) is 11.3. The van der Waals surface area contributed by atoms with E-state index in [9.17, 15) is 9.59 Å². The van der Waals surface area contributed by atoms with Crippen LogP contribution in [0.25, 0.3) is 0 Å². The number of carbonyl (C=O) groups excluding carboxylic acids is 2. The third kappa shape index (κ3) is 4.18. The van der Waals surface area contributed by atoms with Gasteiger partial charge in [0, 0.05) is 33.6 Å². The monoisotopic (exact) mass is 256 g/mol. The van der Waals surface area contributed by atoms with Crippen molar-refractivity contribution in [2.45, 2.75) is 25.7 Å². The second-order valence-electron chi connectivity index (χ2n) is 5.21. The zero-order chi connectivity index (χ0) is 13.6. The van der Waals surface area contributed by atoms with Crippen LogP contribution in [-0.2, 0) is 4.79 Å². The molecule has 104 valence electrons. The predicted molar refractivity (Wildman–Crippen MR) is 70.1 cm³/mol. The maximum Gasteiger partial charge on any atom is 0.316 e. The van der Waals surface area contributed by atoms with Crippen LogP contribution in [0.2, 0.25) is 0 Å². The van der Waals surface area contributed by atoms with Crippen LogP contribution in [0.5, 0.6) is 0 Å². The number of urea groups is 1. The Morgan fingerprint density at radius 1 is 1.22 bits per heavy atom. The van der Waals surface area contributed by atoms with E-state index in [1.165, 1.54) is 11.3 Å². The van der Waals surface area contributed by atoms with Gasteiger partial charge in [-0.1, -0.05) is 6.42 Å². The summed E-state index contributed by atoms with van der Waals surface area (Å²) in [5, 5.41) is 5.50. The summed E-state index contributed by atoms with van der Waals surface area (Å²) in [7, 11) is 3.35. The van der Waals surface area contributed by atoms with E-state index in [0.29, 0.717) is 26.1 Å². The lowest BCUT2D eigenvalue weighted by Crippen LogP contribution is -2.44. The topological polar surface area (TPSA) is 87.5 Å². The summed E-state index contributed by atoms with van der Waals surface area (Å²) in [4.78, 5) is 24.4. The van der Waals surface area contributed by atoms with Crippen molar-refractivity contribution in [2.24, 2.45) is 11.1 Å². The first kappa shape index (κ1) is 14.8. The molecule has 1 fully saturated rings. The van der Waals surface area contributed by atoms with Gasteiger partial charge in [0.25, 0.3) is 0 Å². The predicted octanol–water partition coefficient (Wildman–Crippen LogP) is -0.107. The fourth-order valence-electron chi connectivity index (χ4n) is 2.06. The third-order valence-corrected chi connectivity index (χ3v) is 3.51. The first-order valence-corrected chi connectivity index (χ1v) is 6.41. The molecule has 0 aromatic carbocycles. The Hall–Kier alpha value is -1.30. The Morgan fingerprint density at radius 2 is 1.83 bits per heavy atom. The molecule has 0 radical (unpaired) electrons. The average Bonchev–Trinajstić information content (AvgIpc) is 2.29. The van der Waals surface area contributed by atoms with Gasteiger partial charge >= 0.3 is 6.03 Å². The molecule has 1 saturated carbocycles. The second kappa shape index (κ2) is 6.58. The van der Waals surface area contributed by atoms with E-state index in [0.717, 1.165) is 12.8 Å². The van der Waals surface area contributed by atoms with Gasteiger partial charge < -0.3 is 21.3 Å². The molecule has 0 spiro atoms. The molecule has 1 rings (SSSR count). The second-order valence-corrected chi connectivity index (χ2v) is 5.21. The summed E-state index contributed by atoms with van der Waals surface area (Å²) < 4.78 is 0. The number of nitrogens with one attached hydrogen (secondary N) is 2.